The summed E-state index contributed by atoms with van der Waals surface area (Å²) in [6, 6.07) is 12.1. The van der Waals surface area contributed by atoms with Gasteiger partial charge in [0, 0.05) is 23.8 Å². The number of rotatable bonds is 6. The minimum Gasteiger partial charge on any atom is -0.323 e. The van der Waals surface area contributed by atoms with Crippen molar-refractivity contribution in [3.63, 3.8) is 0 Å². The Morgan fingerprint density at radius 1 is 1.07 bits per heavy atom. The van der Waals surface area contributed by atoms with Gasteiger partial charge in [0.15, 0.2) is 0 Å². The van der Waals surface area contributed by atoms with Crippen LogP contribution in [0.1, 0.15) is 0 Å². The highest BCUT2D eigenvalue weighted by molar-refractivity contribution is 7.99. The molecule has 0 fully saturated rings. The zero-order chi connectivity index (χ0) is 20.1. The summed E-state index contributed by atoms with van der Waals surface area (Å²) >= 11 is 1.10. The van der Waals surface area contributed by atoms with Gasteiger partial charge in [0.05, 0.1) is 22.1 Å². The smallest absolute Gasteiger partial charge is 0.269 e. The lowest BCUT2D eigenvalue weighted by Gasteiger charge is -2.06. The van der Waals surface area contributed by atoms with Crippen molar-refractivity contribution in [2.45, 2.75) is 5.03 Å². The molecule has 142 valence electrons. The van der Waals surface area contributed by atoms with E-state index in [9.17, 15) is 23.7 Å². The molecular weight excluding hydrogens is 390 g/mol. The first-order valence-corrected chi connectivity index (χ1v) is 8.87. The SMILES string of the molecule is O=C(CSc1ccc(-c2ccc([N+](=O)[O-])cc2)nn1)Nc1ccc(F)cc1F. The van der Waals surface area contributed by atoms with Gasteiger partial charge in [0.25, 0.3) is 5.69 Å². The van der Waals surface area contributed by atoms with Crippen LogP contribution in [-0.2, 0) is 4.79 Å². The van der Waals surface area contributed by atoms with Crippen LogP contribution in [0.25, 0.3) is 11.3 Å². The fourth-order valence-electron chi connectivity index (χ4n) is 2.22. The average Bonchev–Trinajstić information content (AvgIpc) is 2.69. The van der Waals surface area contributed by atoms with Crippen LogP contribution in [-0.4, -0.2) is 26.8 Å². The van der Waals surface area contributed by atoms with E-state index in [1.165, 1.54) is 12.1 Å². The fraction of sp³-hybridized carbons (Fsp3) is 0.0556. The first-order chi connectivity index (χ1) is 13.4. The summed E-state index contributed by atoms with van der Waals surface area (Å²) in [6.45, 7) is 0. The Labute approximate surface area is 162 Å². The summed E-state index contributed by atoms with van der Waals surface area (Å²) in [4.78, 5) is 22.1. The number of non-ortho nitro benzene ring substituents is 1. The van der Waals surface area contributed by atoms with Crippen LogP contribution in [0.5, 0.6) is 0 Å². The molecule has 0 saturated carbocycles. The number of halogens is 2. The lowest BCUT2D eigenvalue weighted by molar-refractivity contribution is -0.384. The number of carbonyl (C=O) groups is 1. The largest absolute Gasteiger partial charge is 0.323 e. The highest BCUT2D eigenvalue weighted by atomic mass is 32.2. The quantitative estimate of drug-likeness (QED) is 0.379. The molecule has 0 radical (unpaired) electrons. The van der Waals surface area contributed by atoms with Crippen LogP contribution in [0, 0.1) is 21.7 Å². The number of aromatic nitrogens is 2. The number of thioether (sulfide) groups is 1. The Kier molecular flexibility index (Phi) is 5.90. The van der Waals surface area contributed by atoms with Gasteiger partial charge >= 0.3 is 0 Å². The van der Waals surface area contributed by atoms with Crippen molar-refractivity contribution >= 4 is 29.0 Å². The number of carbonyl (C=O) groups excluding carboxylic acids is 1. The molecule has 0 spiro atoms. The number of nitro groups is 1. The van der Waals surface area contributed by atoms with Gasteiger partial charge in [-0.3, -0.25) is 14.9 Å². The van der Waals surface area contributed by atoms with E-state index in [0.29, 0.717) is 22.3 Å². The molecule has 3 aromatic rings. The molecule has 1 heterocycles. The molecule has 0 atom stereocenters. The van der Waals surface area contributed by atoms with E-state index in [-0.39, 0.29) is 17.1 Å². The lowest BCUT2D eigenvalue weighted by atomic mass is 10.1. The Morgan fingerprint density at radius 2 is 1.82 bits per heavy atom. The Morgan fingerprint density at radius 3 is 2.43 bits per heavy atom. The molecule has 1 amide bonds. The summed E-state index contributed by atoms with van der Waals surface area (Å²) in [6.07, 6.45) is 0. The molecule has 0 aliphatic heterocycles. The van der Waals surface area contributed by atoms with E-state index in [1.807, 2.05) is 0 Å². The summed E-state index contributed by atoms with van der Waals surface area (Å²) in [5, 5.41) is 21.5. The molecule has 10 heteroatoms. The van der Waals surface area contributed by atoms with Gasteiger partial charge in [0.2, 0.25) is 5.91 Å². The maximum Gasteiger partial charge on any atom is 0.269 e. The van der Waals surface area contributed by atoms with E-state index in [0.717, 1.165) is 23.9 Å². The van der Waals surface area contributed by atoms with Crippen LogP contribution in [0.15, 0.2) is 59.6 Å². The van der Waals surface area contributed by atoms with Crippen molar-refractivity contribution in [1.82, 2.24) is 10.2 Å². The topological polar surface area (TPSA) is 98.0 Å². The normalized spacial score (nSPS) is 10.5. The average molecular weight is 402 g/mol. The Bertz CT molecular complexity index is 1010. The standard InChI is InChI=1S/C18H12F2N4O3S/c19-12-3-6-16(14(20)9-12)21-17(25)10-28-18-8-7-15(22-23-18)11-1-4-13(5-2-11)24(26)27/h1-9H,10H2,(H,21,25). The van der Waals surface area contributed by atoms with Crippen molar-refractivity contribution in [3.8, 4) is 11.3 Å². The molecule has 1 N–H and O–H groups in total. The van der Waals surface area contributed by atoms with Crippen molar-refractivity contribution in [3.05, 3.63) is 76.3 Å². The molecule has 2 aromatic carbocycles. The zero-order valence-electron chi connectivity index (χ0n) is 14.1. The van der Waals surface area contributed by atoms with E-state index in [1.54, 1.807) is 24.3 Å². The number of hydrogen-bond donors (Lipinski definition) is 1. The number of anilines is 1. The molecular formula is C18H12F2N4O3S. The second-order valence-electron chi connectivity index (χ2n) is 5.52. The van der Waals surface area contributed by atoms with Crippen LogP contribution in [0.3, 0.4) is 0 Å². The minimum atomic E-state index is -0.856. The lowest BCUT2D eigenvalue weighted by Crippen LogP contribution is -2.15. The van der Waals surface area contributed by atoms with Crippen molar-refractivity contribution < 1.29 is 18.5 Å². The molecule has 0 unspecified atom stereocenters. The highest BCUT2D eigenvalue weighted by Crippen LogP contribution is 2.22. The van der Waals surface area contributed by atoms with Gasteiger partial charge in [-0.15, -0.1) is 10.2 Å². The second kappa shape index (κ2) is 8.53. The molecule has 7 nitrogen and oxygen atoms in total. The predicted molar refractivity (Wildman–Crippen MR) is 99.8 cm³/mol. The third kappa shape index (κ3) is 4.86. The van der Waals surface area contributed by atoms with Gasteiger partial charge < -0.3 is 5.32 Å². The Balaban J connectivity index is 1.58. The van der Waals surface area contributed by atoms with Gasteiger partial charge in [-0.2, -0.15) is 0 Å². The zero-order valence-corrected chi connectivity index (χ0v) is 15.0. The van der Waals surface area contributed by atoms with Crippen LogP contribution < -0.4 is 5.32 Å². The fourth-order valence-corrected chi connectivity index (χ4v) is 2.84. The Hall–Kier alpha value is -3.40. The summed E-state index contributed by atoms with van der Waals surface area (Å²) in [5.41, 5.74) is 1.07. The van der Waals surface area contributed by atoms with Crippen molar-refractivity contribution in [2.75, 3.05) is 11.1 Å². The van der Waals surface area contributed by atoms with Crippen LogP contribution >= 0.6 is 11.8 Å². The number of nitrogens with one attached hydrogen (secondary N) is 1. The first kappa shape index (κ1) is 19.4. The number of nitro benzene ring substituents is 1. The maximum atomic E-state index is 13.5. The maximum absolute atomic E-state index is 13.5. The molecule has 0 aliphatic carbocycles. The van der Waals surface area contributed by atoms with Crippen molar-refractivity contribution in [2.24, 2.45) is 0 Å². The second-order valence-corrected chi connectivity index (χ2v) is 6.52. The summed E-state index contributed by atoms with van der Waals surface area (Å²) in [7, 11) is 0. The van der Waals surface area contributed by atoms with Crippen LogP contribution in [0.2, 0.25) is 0 Å². The molecule has 0 saturated heterocycles. The van der Waals surface area contributed by atoms with E-state index in [2.05, 4.69) is 15.5 Å². The molecule has 0 aliphatic rings. The molecule has 28 heavy (non-hydrogen) atoms. The van der Waals surface area contributed by atoms with Gasteiger partial charge in [-0.05, 0) is 36.4 Å². The number of nitrogens with zero attached hydrogens (tertiary/aromatic N) is 3. The molecule has 3 rings (SSSR count). The monoisotopic (exact) mass is 402 g/mol. The molecule has 1 aromatic heterocycles. The van der Waals surface area contributed by atoms with Crippen molar-refractivity contribution in [1.29, 1.82) is 0 Å². The number of benzene rings is 2. The first-order valence-electron chi connectivity index (χ1n) is 7.88. The van der Waals surface area contributed by atoms with Gasteiger partial charge in [0.1, 0.15) is 16.7 Å². The molecule has 0 bridgehead atoms. The summed E-state index contributed by atoms with van der Waals surface area (Å²) in [5.74, 6) is -2.10. The van der Waals surface area contributed by atoms with Crippen LogP contribution in [0.4, 0.5) is 20.2 Å². The third-order valence-corrected chi connectivity index (χ3v) is 4.49. The summed E-state index contributed by atoms with van der Waals surface area (Å²) < 4.78 is 26.4. The van der Waals surface area contributed by atoms with Gasteiger partial charge in [-0.1, -0.05) is 11.8 Å². The van der Waals surface area contributed by atoms with E-state index < -0.39 is 22.5 Å². The number of hydrogen-bond acceptors (Lipinski definition) is 6. The van der Waals surface area contributed by atoms with E-state index >= 15 is 0 Å². The predicted octanol–water partition coefficient (Wildman–Crippen LogP) is 4.06. The van der Waals surface area contributed by atoms with E-state index in [4.69, 9.17) is 0 Å². The van der Waals surface area contributed by atoms with Gasteiger partial charge in [-0.25, -0.2) is 8.78 Å². The minimum absolute atomic E-state index is 0.0208. The third-order valence-electron chi connectivity index (χ3n) is 3.57. The highest BCUT2D eigenvalue weighted by Gasteiger charge is 2.10. The number of amides is 1.